The molecule has 1 atom stereocenters. The second-order valence-corrected chi connectivity index (χ2v) is 9.11. The minimum atomic E-state index is -0.491. The largest absolute Gasteiger partial charge is 0.450 e. The molecule has 2 heterocycles. The van der Waals surface area contributed by atoms with Crippen LogP contribution in [0.4, 0.5) is 0 Å². The zero-order chi connectivity index (χ0) is 22.4. The Labute approximate surface area is 190 Å². The molecule has 0 spiro atoms. The monoisotopic (exact) mass is 441 g/mol. The van der Waals surface area contributed by atoms with Crippen LogP contribution >= 0.6 is 11.8 Å². The quantitative estimate of drug-likeness (QED) is 0.371. The van der Waals surface area contributed by atoms with Gasteiger partial charge in [0, 0.05) is 11.4 Å². The standard InChI is InChI=1S/C27H23NO3S/c1-16-13-17(2)25-21(14-16)24(29)22-23(19-9-11-20(32-3)12-10-19)28(27(30)26(22)31-25)15-18-7-5-4-6-8-18/h4-14,23H,15H2,1-3H3. The molecule has 1 aromatic heterocycles. The Morgan fingerprint density at radius 2 is 1.69 bits per heavy atom. The van der Waals surface area contributed by atoms with Gasteiger partial charge in [-0.15, -0.1) is 11.8 Å². The van der Waals surface area contributed by atoms with Gasteiger partial charge in [0.25, 0.3) is 5.91 Å². The Kier molecular flexibility index (Phi) is 5.14. The van der Waals surface area contributed by atoms with Crippen molar-refractivity contribution in [3.8, 4) is 0 Å². The van der Waals surface area contributed by atoms with Crippen LogP contribution in [0.5, 0.6) is 0 Å². The number of aryl methyl sites for hydroxylation is 2. The highest BCUT2D eigenvalue weighted by Crippen LogP contribution is 2.40. The third-order valence-electron chi connectivity index (χ3n) is 6.02. The number of benzene rings is 3. The summed E-state index contributed by atoms with van der Waals surface area (Å²) in [5.41, 5.74) is 4.55. The number of rotatable bonds is 4. The van der Waals surface area contributed by atoms with E-state index in [2.05, 4.69) is 0 Å². The molecule has 32 heavy (non-hydrogen) atoms. The zero-order valence-corrected chi connectivity index (χ0v) is 19.0. The van der Waals surface area contributed by atoms with Crippen molar-refractivity contribution in [3.05, 3.63) is 111 Å². The van der Waals surface area contributed by atoms with E-state index < -0.39 is 6.04 Å². The van der Waals surface area contributed by atoms with Crippen molar-refractivity contribution in [3.63, 3.8) is 0 Å². The molecule has 160 valence electrons. The molecular weight excluding hydrogens is 418 g/mol. The molecule has 0 bridgehead atoms. The number of carbonyl (C=O) groups is 1. The van der Waals surface area contributed by atoms with Crippen molar-refractivity contribution in [1.82, 2.24) is 4.90 Å². The lowest BCUT2D eigenvalue weighted by molar-refractivity contribution is 0.0714. The highest BCUT2D eigenvalue weighted by atomic mass is 32.2. The Balaban J connectivity index is 1.74. The Morgan fingerprint density at radius 1 is 0.969 bits per heavy atom. The predicted molar refractivity (Wildman–Crippen MR) is 128 cm³/mol. The molecule has 5 rings (SSSR count). The Morgan fingerprint density at radius 3 is 2.38 bits per heavy atom. The topological polar surface area (TPSA) is 50.5 Å². The van der Waals surface area contributed by atoms with Gasteiger partial charge in [0.1, 0.15) is 5.58 Å². The van der Waals surface area contributed by atoms with Gasteiger partial charge in [-0.1, -0.05) is 48.5 Å². The van der Waals surface area contributed by atoms with E-state index in [0.29, 0.717) is 23.1 Å². The maximum atomic E-state index is 13.7. The van der Waals surface area contributed by atoms with Crippen LogP contribution in [-0.4, -0.2) is 17.1 Å². The number of amides is 1. The summed E-state index contributed by atoms with van der Waals surface area (Å²) in [5.74, 6) is -0.0916. The van der Waals surface area contributed by atoms with Crippen LogP contribution < -0.4 is 5.43 Å². The van der Waals surface area contributed by atoms with Gasteiger partial charge in [-0.2, -0.15) is 0 Å². The minimum Gasteiger partial charge on any atom is -0.450 e. The fourth-order valence-electron chi connectivity index (χ4n) is 4.55. The highest BCUT2D eigenvalue weighted by molar-refractivity contribution is 7.98. The lowest BCUT2D eigenvalue weighted by Gasteiger charge is -2.25. The third kappa shape index (κ3) is 3.33. The van der Waals surface area contributed by atoms with Gasteiger partial charge in [-0.05, 0) is 60.6 Å². The first kappa shape index (κ1) is 20.6. The molecule has 0 radical (unpaired) electrons. The van der Waals surface area contributed by atoms with E-state index in [1.54, 1.807) is 16.7 Å². The first-order valence-corrected chi connectivity index (χ1v) is 11.8. The van der Waals surface area contributed by atoms with Crippen LogP contribution in [0.25, 0.3) is 11.0 Å². The van der Waals surface area contributed by atoms with E-state index in [9.17, 15) is 9.59 Å². The SMILES string of the molecule is CSc1ccc(C2c3c(oc4c(C)cc(C)cc4c3=O)C(=O)N2Cc2ccccc2)cc1. The highest BCUT2D eigenvalue weighted by Gasteiger charge is 2.42. The van der Waals surface area contributed by atoms with Crippen molar-refractivity contribution >= 4 is 28.6 Å². The molecule has 0 saturated carbocycles. The number of thioether (sulfide) groups is 1. The maximum Gasteiger partial charge on any atom is 0.291 e. The minimum absolute atomic E-state index is 0.129. The number of hydrogen-bond donors (Lipinski definition) is 0. The van der Waals surface area contributed by atoms with E-state index in [0.717, 1.165) is 27.1 Å². The van der Waals surface area contributed by atoms with Crippen molar-refractivity contribution < 1.29 is 9.21 Å². The molecule has 0 saturated heterocycles. The van der Waals surface area contributed by atoms with E-state index in [4.69, 9.17) is 4.42 Å². The summed E-state index contributed by atoms with van der Waals surface area (Å²) in [4.78, 5) is 30.2. The van der Waals surface area contributed by atoms with Gasteiger partial charge < -0.3 is 9.32 Å². The molecule has 5 heteroatoms. The third-order valence-corrected chi connectivity index (χ3v) is 6.77. The number of carbonyl (C=O) groups excluding carboxylic acids is 1. The summed E-state index contributed by atoms with van der Waals surface area (Å²) in [6, 6.07) is 21.2. The molecule has 4 nitrogen and oxygen atoms in total. The fourth-order valence-corrected chi connectivity index (χ4v) is 4.96. The van der Waals surface area contributed by atoms with Gasteiger partial charge in [-0.25, -0.2) is 0 Å². The van der Waals surface area contributed by atoms with E-state index in [1.165, 1.54) is 0 Å². The first-order valence-electron chi connectivity index (χ1n) is 10.5. The molecule has 1 amide bonds. The molecule has 3 aromatic carbocycles. The van der Waals surface area contributed by atoms with Crippen molar-refractivity contribution in [1.29, 1.82) is 0 Å². The van der Waals surface area contributed by atoms with Gasteiger partial charge in [0.05, 0.1) is 17.0 Å². The Hall–Kier alpha value is -3.31. The van der Waals surface area contributed by atoms with Crippen molar-refractivity contribution in [2.75, 3.05) is 6.26 Å². The summed E-state index contributed by atoms with van der Waals surface area (Å²) >= 11 is 1.66. The van der Waals surface area contributed by atoms with Gasteiger partial charge >= 0.3 is 0 Å². The normalized spacial score (nSPS) is 15.4. The summed E-state index contributed by atoms with van der Waals surface area (Å²) in [7, 11) is 0. The molecular formula is C27H23NO3S. The van der Waals surface area contributed by atoms with Crippen LogP contribution in [0.3, 0.4) is 0 Å². The lowest BCUT2D eigenvalue weighted by Crippen LogP contribution is -2.29. The average Bonchev–Trinajstić information content (AvgIpc) is 3.07. The second kappa shape index (κ2) is 7.99. The average molecular weight is 442 g/mol. The fraction of sp³-hybridized carbons (Fsp3) is 0.185. The smallest absolute Gasteiger partial charge is 0.291 e. The maximum absolute atomic E-state index is 13.7. The summed E-state index contributed by atoms with van der Waals surface area (Å²) < 4.78 is 6.15. The predicted octanol–water partition coefficient (Wildman–Crippen LogP) is 5.88. The van der Waals surface area contributed by atoms with Crippen LogP contribution in [0.2, 0.25) is 0 Å². The van der Waals surface area contributed by atoms with E-state index in [1.807, 2.05) is 86.8 Å². The molecule has 0 N–H and O–H groups in total. The van der Waals surface area contributed by atoms with Crippen LogP contribution in [0, 0.1) is 13.8 Å². The summed E-state index contributed by atoms with van der Waals surface area (Å²) in [6.07, 6.45) is 2.02. The first-order chi connectivity index (χ1) is 15.5. The molecule has 0 fully saturated rings. The molecule has 1 aliphatic heterocycles. The number of nitrogens with zero attached hydrogens (tertiary/aromatic N) is 1. The van der Waals surface area contributed by atoms with Crippen LogP contribution in [-0.2, 0) is 6.54 Å². The summed E-state index contributed by atoms with van der Waals surface area (Å²) in [5, 5.41) is 0.529. The van der Waals surface area contributed by atoms with Gasteiger partial charge in [-0.3, -0.25) is 9.59 Å². The van der Waals surface area contributed by atoms with Crippen molar-refractivity contribution in [2.45, 2.75) is 31.3 Å². The zero-order valence-electron chi connectivity index (χ0n) is 18.2. The number of fused-ring (bicyclic) bond motifs is 2. The van der Waals surface area contributed by atoms with Crippen molar-refractivity contribution in [2.24, 2.45) is 0 Å². The van der Waals surface area contributed by atoms with Crippen LogP contribution in [0.15, 0.2) is 80.8 Å². The second-order valence-electron chi connectivity index (χ2n) is 8.23. The molecule has 0 aliphatic carbocycles. The molecule has 4 aromatic rings. The molecule has 1 unspecified atom stereocenters. The summed E-state index contributed by atoms with van der Waals surface area (Å²) in [6.45, 7) is 4.27. The van der Waals surface area contributed by atoms with E-state index in [-0.39, 0.29) is 17.1 Å². The van der Waals surface area contributed by atoms with Gasteiger partial charge in [0.2, 0.25) is 5.76 Å². The lowest BCUT2D eigenvalue weighted by atomic mass is 9.97. The van der Waals surface area contributed by atoms with E-state index >= 15 is 0 Å². The van der Waals surface area contributed by atoms with Crippen LogP contribution in [0.1, 0.15) is 44.4 Å². The number of hydrogen-bond acceptors (Lipinski definition) is 4. The molecule has 1 aliphatic rings. The van der Waals surface area contributed by atoms with Gasteiger partial charge in [0.15, 0.2) is 5.43 Å². The Bertz CT molecular complexity index is 1390.